The van der Waals surface area contributed by atoms with Crippen molar-refractivity contribution in [3.05, 3.63) is 16.4 Å². The molecule has 1 aromatic rings. The Bertz CT molecular complexity index is 585. The molecule has 0 bridgehead atoms. The van der Waals surface area contributed by atoms with Gasteiger partial charge in [0.05, 0.1) is 23.9 Å². The molecule has 0 aliphatic carbocycles. The van der Waals surface area contributed by atoms with E-state index in [1.165, 1.54) is 6.92 Å². The number of alkyl halides is 3. The van der Waals surface area contributed by atoms with E-state index < -0.39 is 22.8 Å². The van der Waals surface area contributed by atoms with E-state index in [9.17, 15) is 18.0 Å². The molecule has 2 heterocycles. The molecule has 1 amide bonds. The van der Waals surface area contributed by atoms with Crippen LogP contribution in [-0.4, -0.2) is 59.5 Å². The average molecular weight is 369 g/mol. The van der Waals surface area contributed by atoms with Gasteiger partial charge in [-0.3, -0.25) is 14.4 Å². The second kappa shape index (κ2) is 7.71. The molecule has 1 N–H and O–H groups in total. The lowest BCUT2D eigenvalue weighted by Gasteiger charge is -2.29. The lowest BCUT2D eigenvalue weighted by atomic mass is 10.3. The Balaban J connectivity index is 1.92. The minimum atomic E-state index is -4.65. The summed E-state index contributed by atoms with van der Waals surface area (Å²) in [5, 5.41) is 5.70. The van der Waals surface area contributed by atoms with Crippen molar-refractivity contribution in [1.29, 1.82) is 0 Å². The molecule has 0 unspecified atom stereocenters. The highest BCUT2D eigenvalue weighted by molar-refractivity contribution is 6.32. The van der Waals surface area contributed by atoms with Crippen molar-refractivity contribution in [2.24, 2.45) is 0 Å². The van der Waals surface area contributed by atoms with Crippen molar-refractivity contribution < 1.29 is 22.7 Å². The largest absolute Gasteiger partial charge is 0.436 e. The van der Waals surface area contributed by atoms with Gasteiger partial charge in [0.25, 0.3) is 0 Å². The number of amides is 1. The molecule has 1 atom stereocenters. The minimum Gasteiger partial charge on any atom is -0.379 e. The zero-order valence-electron chi connectivity index (χ0n) is 13.5. The summed E-state index contributed by atoms with van der Waals surface area (Å²) in [7, 11) is 0. The molecule has 1 saturated heterocycles. The van der Waals surface area contributed by atoms with Gasteiger partial charge in [0.1, 0.15) is 6.54 Å². The molecule has 6 nitrogen and oxygen atoms in total. The molecular formula is C14H20ClF3N4O2. The van der Waals surface area contributed by atoms with Crippen LogP contribution in [0.4, 0.5) is 13.2 Å². The molecule has 0 spiro atoms. The van der Waals surface area contributed by atoms with Gasteiger partial charge in [-0.25, -0.2) is 0 Å². The summed E-state index contributed by atoms with van der Waals surface area (Å²) >= 11 is 5.66. The standard InChI is InChI=1S/C14H20ClF3N4O2/c1-9(7-21-3-5-24-6-4-21)19-11(23)8-22-10(2)12(15)13(20-22)14(16,17)18/h9H,3-8H2,1-2H3,(H,19,23)/t9-/m1/s1. The van der Waals surface area contributed by atoms with E-state index in [1.54, 1.807) is 0 Å². The minimum absolute atomic E-state index is 0.111. The summed E-state index contributed by atoms with van der Waals surface area (Å²) < 4.78 is 44.5. The fourth-order valence-corrected chi connectivity index (χ4v) is 2.78. The van der Waals surface area contributed by atoms with Gasteiger partial charge in [0, 0.05) is 25.7 Å². The van der Waals surface area contributed by atoms with Crippen molar-refractivity contribution in [1.82, 2.24) is 20.0 Å². The van der Waals surface area contributed by atoms with E-state index in [-0.39, 0.29) is 18.3 Å². The number of hydrogen-bond acceptors (Lipinski definition) is 4. The van der Waals surface area contributed by atoms with E-state index in [0.29, 0.717) is 19.8 Å². The fourth-order valence-electron chi connectivity index (χ4n) is 2.53. The quantitative estimate of drug-likeness (QED) is 0.859. The van der Waals surface area contributed by atoms with Crippen LogP contribution >= 0.6 is 11.6 Å². The summed E-state index contributed by atoms with van der Waals surface area (Å²) in [5.74, 6) is -0.410. The van der Waals surface area contributed by atoms with Crippen LogP contribution in [0.15, 0.2) is 0 Å². The molecule has 0 radical (unpaired) electrons. The zero-order valence-corrected chi connectivity index (χ0v) is 14.2. The molecule has 136 valence electrons. The predicted molar refractivity (Wildman–Crippen MR) is 81.8 cm³/mol. The Morgan fingerprint density at radius 2 is 2.04 bits per heavy atom. The molecule has 1 fully saturated rings. The highest BCUT2D eigenvalue weighted by Crippen LogP contribution is 2.35. The summed E-state index contributed by atoms with van der Waals surface area (Å²) in [6, 6.07) is -0.135. The van der Waals surface area contributed by atoms with Crippen LogP contribution in [0.5, 0.6) is 0 Å². The van der Waals surface area contributed by atoms with Crippen molar-refractivity contribution in [2.45, 2.75) is 32.6 Å². The monoisotopic (exact) mass is 368 g/mol. The number of carbonyl (C=O) groups is 1. The predicted octanol–water partition coefficient (Wildman–Crippen LogP) is 1.70. The van der Waals surface area contributed by atoms with E-state index in [1.807, 2.05) is 6.92 Å². The number of aromatic nitrogens is 2. The number of halogens is 4. The molecule has 10 heteroatoms. The summed E-state index contributed by atoms with van der Waals surface area (Å²) in [6.07, 6.45) is -4.65. The Hall–Kier alpha value is -1.32. The van der Waals surface area contributed by atoms with E-state index >= 15 is 0 Å². The van der Waals surface area contributed by atoms with Crippen LogP contribution in [0.2, 0.25) is 5.02 Å². The zero-order chi connectivity index (χ0) is 17.9. The molecule has 0 aromatic carbocycles. The maximum atomic E-state index is 12.8. The molecular weight excluding hydrogens is 349 g/mol. The third kappa shape index (κ3) is 4.84. The van der Waals surface area contributed by atoms with Gasteiger partial charge in [-0.15, -0.1) is 0 Å². The van der Waals surface area contributed by atoms with E-state index in [2.05, 4.69) is 15.3 Å². The Morgan fingerprint density at radius 3 is 2.58 bits per heavy atom. The lowest BCUT2D eigenvalue weighted by molar-refractivity contribution is -0.141. The Labute approximate surface area is 142 Å². The van der Waals surface area contributed by atoms with Crippen LogP contribution in [0.25, 0.3) is 0 Å². The molecule has 0 saturated carbocycles. The van der Waals surface area contributed by atoms with Gasteiger partial charge in [0.2, 0.25) is 5.91 Å². The first-order valence-corrected chi connectivity index (χ1v) is 7.96. The molecule has 1 aromatic heterocycles. The van der Waals surface area contributed by atoms with Gasteiger partial charge in [-0.05, 0) is 13.8 Å². The summed E-state index contributed by atoms with van der Waals surface area (Å²) in [4.78, 5) is 14.2. The molecule has 1 aliphatic heterocycles. The smallest absolute Gasteiger partial charge is 0.379 e. The maximum Gasteiger partial charge on any atom is 0.436 e. The normalized spacial score (nSPS) is 17.8. The van der Waals surface area contributed by atoms with Crippen molar-refractivity contribution in [3.8, 4) is 0 Å². The van der Waals surface area contributed by atoms with Crippen LogP contribution in [0, 0.1) is 6.92 Å². The fraction of sp³-hybridized carbons (Fsp3) is 0.714. The van der Waals surface area contributed by atoms with Crippen LogP contribution in [0.1, 0.15) is 18.3 Å². The SMILES string of the molecule is Cc1c(Cl)c(C(F)(F)F)nn1CC(=O)N[C@H](C)CN1CCOCC1. The van der Waals surface area contributed by atoms with Crippen LogP contribution in [0.3, 0.4) is 0 Å². The second-order valence-corrected chi connectivity index (χ2v) is 6.16. The second-order valence-electron chi connectivity index (χ2n) is 5.78. The van der Waals surface area contributed by atoms with Gasteiger partial charge in [0.15, 0.2) is 5.69 Å². The number of nitrogens with one attached hydrogen (secondary N) is 1. The van der Waals surface area contributed by atoms with Crippen molar-refractivity contribution in [2.75, 3.05) is 32.8 Å². The number of ether oxygens (including phenoxy) is 1. The number of nitrogens with zero attached hydrogens (tertiary/aromatic N) is 3. The lowest BCUT2D eigenvalue weighted by Crippen LogP contribution is -2.46. The molecule has 1 aliphatic rings. The topological polar surface area (TPSA) is 59.4 Å². The highest BCUT2D eigenvalue weighted by Gasteiger charge is 2.38. The first-order chi connectivity index (χ1) is 11.2. The maximum absolute atomic E-state index is 12.8. The van der Waals surface area contributed by atoms with Crippen LogP contribution in [-0.2, 0) is 22.3 Å². The third-order valence-electron chi connectivity index (χ3n) is 3.74. The Morgan fingerprint density at radius 1 is 1.42 bits per heavy atom. The summed E-state index contributed by atoms with van der Waals surface area (Å²) in [5.41, 5.74) is -1.06. The third-order valence-corrected chi connectivity index (χ3v) is 4.19. The van der Waals surface area contributed by atoms with Crippen molar-refractivity contribution in [3.63, 3.8) is 0 Å². The van der Waals surface area contributed by atoms with Crippen LogP contribution < -0.4 is 5.32 Å². The number of hydrogen-bond donors (Lipinski definition) is 1. The number of morpholine rings is 1. The number of rotatable bonds is 5. The number of carbonyl (C=O) groups excluding carboxylic acids is 1. The van der Waals surface area contributed by atoms with Gasteiger partial charge >= 0.3 is 6.18 Å². The van der Waals surface area contributed by atoms with Gasteiger partial charge in [-0.2, -0.15) is 18.3 Å². The van der Waals surface area contributed by atoms with Gasteiger partial charge in [-0.1, -0.05) is 11.6 Å². The van der Waals surface area contributed by atoms with E-state index in [4.69, 9.17) is 16.3 Å². The van der Waals surface area contributed by atoms with E-state index in [0.717, 1.165) is 17.8 Å². The Kier molecular flexibility index (Phi) is 6.11. The summed E-state index contributed by atoms with van der Waals surface area (Å²) in [6.45, 7) is 6.49. The average Bonchev–Trinajstić information content (AvgIpc) is 2.76. The first-order valence-electron chi connectivity index (χ1n) is 7.58. The van der Waals surface area contributed by atoms with Gasteiger partial charge < -0.3 is 10.1 Å². The molecule has 2 rings (SSSR count). The molecule has 24 heavy (non-hydrogen) atoms. The van der Waals surface area contributed by atoms with Crippen molar-refractivity contribution >= 4 is 17.5 Å². The first kappa shape index (κ1) is 19.0. The highest BCUT2D eigenvalue weighted by atomic mass is 35.5.